The lowest BCUT2D eigenvalue weighted by atomic mass is 9.96. The number of halogens is 2. The second-order valence-corrected chi connectivity index (χ2v) is 7.00. The fraction of sp³-hybridized carbons (Fsp3) is 0.353. The van der Waals surface area contributed by atoms with Gasteiger partial charge in [-0.15, -0.1) is 0 Å². The number of likely N-dealkylation sites (N-methyl/N-ethyl adjacent to an activating group) is 1. The first-order chi connectivity index (χ1) is 10.5. The van der Waals surface area contributed by atoms with Gasteiger partial charge in [-0.05, 0) is 45.8 Å². The lowest BCUT2D eigenvalue weighted by molar-refractivity contribution is -0.937. The molecule has 1 unspecified atom stereocenters. The van der Waals surface area contributed by atoms with Crippen LogP contribution >= 0.6 is 15.9 Å². The second-order valence-electron chi connectivity index (χ2n) is 6.19. The molecule has 0 aliphatic carbocycles. The molecule has 124 valence electrons. The van der Waals surface area contributed by atoms with Crippen LogP contribution in [0.2, 0.25) is 0 Å². The third kappa shape index (κ3) is 4.05. The van der Waals surface area contributed by atoms with Gasteiger partial charge < -0.3 is 31.3 Å². The van der Waals surface area contributed by atoms with Crippen molar-refractivity contribution in [3.8, 4) is 11.5 Å². The number of aromatic nitrogens is 1. The van der Waals surface area contributed by atoms with Crippen molar-refractivity contribution in [2.24, 2.45) is 0 Å². The quantitative estimate of drug-likeness (QED) is 0.546. The minimum Gasteiger partial charge on any atom is -1.00 e. The Bertz CT molecular complexity index is 692. The number of ether oxygens (including phenoxy) is 1. The Labute approximate surface area is 155 Å². The molecule has 4 nitrogen and oxygen atoms in total. The van der Waals surface area contributed by atoms with E-state index in [0.29, 0.717) is 5.75 Å². The molecule has 1 atom stereocenters. The van der Waals surface area contributed by atoms with Crippen LogP contribution in [0.25, 0.3) is 0 Å². The van der Waals surface area contributed by atoms with Crippen LogP contribution in [0.5, 0.6) is 11.5 Å². The summed E-state index contributed by atoms with van der Waals surface area (Å²) in [4.78, 5) is 4.31. The molecular formula is C17H20Br2N2O2. The van der Waals surface area contributed by atoms with Crippen LogP contribution in [-0.2, 0) is 19.5 Å². The average molecular weight is 444 g/mol. The summed E-state index contributed by atoms with van der Waals surface area (Å²) < 4.78 is 6.98. The Morgan fingerprint density at radius 2 is 2.09 bits per heavy atom. The van der Waals surface area contributed by atoms with Crippen molar-refractivity contribution in [2.75, 3.05) is 20.7 Å². The van der Waals surface area contributed by atoms with E-state index >= 15 is 0 Å². The predicted octanol–water partition coefficient (Wildman–Crippen LogP) is 0.265. The number of hydrogen-bond donors (Lipinski definition) is 1. The average Bonchev–Trinajstić information content (AvgIpc) is 2.49. The number of quaternary nitrogens is 1. The minimum atomic E-state index is 0. The van der Waals surface area contributed by atoms with Gasteiger partial charge in [0.1, 0.15) is 17.7 Å². The van der Waals surface area contributed by atoms with Gasteiger partial charge in [-0.1, -0.05) is 0 Å². The summed E-state index contributed by atoms with van der Waals surface area (Å²) in [5, 5.41) is 10.0. The summed E-state index contributed by atoms with van der Waals surface area (Å²) in [6.45, 7) is 2.91. The summed E-state index contributed by atoms with van der Waals surface area (Å²) in [6.07, 6.45) is 2.92. The molecule has 0 saturated carbocycles. The standard InChI is InChI=1S/C17H19BrN2O2.BrH/c1-20(10-12-3-4-17(18)19-9-12)6-5-13-8-16(22-2)15(21)7-14(13)11-20;/h3-4,7-9H,5-6,10-11H2,1-2H3;1H. The number of methoxy groups -OCH3 is 1. The molecule has 6 heteroatoms. The minimum absolute atomic E-state index is 0. The van der Waals surface area contributed by atoms with Crippen LogP contribution in [0, 0.1) is 0 Å². The summed E-state index contributed by atoms with van der Waals surface area (Å²) >= 11 is 3.37. The summed E-state index contributed by atoms with van der Waals surface area (Å²) in [5.41, 5.74) is 3.71. The molecule has 0 radical (unpaired) electrons. The number of phenols is 1. The fourth-order valence-corrected chi connectivity index (χ4v) is 3.39. The maximum Gasteiger partial charge on any atom is 0.160 e. The monoisotopic (exact) mass is 442 g/mol. The van der Waals surface area contributed by atoms with Crippen LogP contribution in [0.1, 0.15) is 16.7 Å². The van der Waals surface area contributed by atoms with E-state index in [9.17, 15) is 5.11 Å². The first kappa shape index (κ1) is 18.2. The maximum atomic E-state index is 10.0. The third-order valence-corrected chi connectivity index (χ3v) is 4.80. The smallest absolute Gasteiger partial charge is 0.160 e. The summed E-state index contributed by atoms with van der Waals surface area (Å²) in [5.74, 6) is 0.784. The van der Waals surface area contributed by atoms with E-state index in [0.717, 1.165) is 35.1 Å². The van der Waals surface area contributed by atoms with Gasteiger partial charge in [-0.25, -0.2) is 4.98 Å². The molecule has 1 N–H and O–H groups in total. The number of rotatable bonds is 3. The lowest BCUT2D eigenvalue weighted by Gasteiger charge is -2.39. The Morgan fingerprint density at radius 1 is 1.30 bits per heavy atom. The predicted molar refractivity (Wildman–Crippen MR) is 88.8 cm³/mol. The van der Waals surface area contributed by atoms with Crippen molar-refractivity contribution in [3.63, 3.8) is 0 Å². The molecule has 0 bridgehead atoms. The van der Waals surface area contributed by atoms with Crippen molar-refractivity contribution < 1.29 is 31.3 Å². The summed E-state index contributed by atoms with van der Waals surface area (Å²) in [7, 11) is 3.84. The molecule has 3 rings (SSSR count). The van der Waals surface area contributed by atoms with Crippen LogP contribution in [0.15, 0.2) is 35.1 Å². The normalized spacial score (nSPS) is 19.6. The lowest BCUT2D eigenvalue weighted by Crippen LogP contribution is -3.00. The number of fused-ring (bicyclic) bond motifs is 1. The molecule has 0 fully saturated rings. The Balaban J connectivity index is 0.00000192. The topological polar surface area (TPSA) is 42.4 Å². The molecule has 0 saturated heterocycles. The first-order valence-electron chi connectivity index (χ1n) is 7.32. The number of nitrogens with zero attached hydrogens (tertiary/aromatic N) is 2. The molecule has 0 amide bonds. The highest BCUT2D eigenvalue weighted by molar-refractivity contribution is 9.10. The molecule has 23 heavy (non-hydrogen) atoms. The van der Waals surface area contributed by atoms with Gasteiger partial charge in [-0.3, -0.25) is 0 Å². The van der Waals surface area contributed by atoms with Crippen LogP contribution in [0.4, 0.5) is 0 Å². The number of benzene rings is 1. The maximum absolute atomic E-state index is 10.0. The molecule has 1 aliphatic heterocycles. The fourth-order valence-electron chi connectivity index (χ4n) is 3.15. The van der Waals surface area contributed by atoms with Crippen LogP contribution in [-0.4, -0.2) is 35.3 Å². The molecule has 1 aromatic carbocycles. The Kier molecular flexibility index (Phi) is 5.70. The van der Waals surface area contributed by atoms with E-state index in [2.05, 4.69) is 34.0 Å². The van der Waals surface area contributed by atoms with Gasteiger partial charge in [0.2, 0.25) is 0 Å². The first-order valence-corrected chi connectivity index (χ1v) is 8.11. The zero-order chi connectivity index (χ0) is 15.7. The van der Waals surface area contributed by atoms with Gasteiger partial charge in [-0.2, -0.15) is 0 Å². The van der Waals surface area contributed by atoms with Gasteiger partial charge in [0.15, 0.2) is 11.5 Å². The molecular weight excluding hydrogens is 424 g/mol. The molecule has 2 heterocycles. The van der Waals surface area contributed by atoms with Crippen LogP contribution < -0.4 is 21.7 Å². The second kappa shape index (κ2) is 7.20. The zero-order valence-corrected chi connectivity index (χ0v) is 16.4. The highest BCUT2D eigenvalue weighted by Gasteiger charge is 2.29. The summed E-state index contributed by atoms with van der Waals surface area (Å²) in [6, 6.07) is 7.91. The van der Waals surface area contributed by atoms with E-state index in [4.69, 9.17) is 4.74 Å². The van der Waals surface area contributed by atoms with E-state index in [1.807, 2.05) is 24.4 Å². The molecule has 2 aromatic rings. The van der Waals surface area contributed by atoms with Gasteiger partial charge >= 0.3 is 0 Å². The van der Waals surface area contributed by atoms with E-state index in [1.54, 1.807) is 7.11 Å². The molecule has 1 aromatic heterocycles. The Morgan fingerprint density at radius 3 is 2.74 bits per heavy atom. The van der Waals surface area contributed by atoms with Crippen molar-refractivity contribution in [3.05, 3.63) is 51.8 Å². The highest BCUT2D eigenvalue weighted by atomic mass is 79.9. The molecule has 0 spiro atoms. The Hall–Kier alpha value is -1.11. The van der Waals surface area contributed by atoms with Gasteiger partial charge in [0.25, 0.3) is 0 Å². The van der Waals surface area contributed by atoms with Crippen molar-refractivity contribution >= 4 is 15.9 Å². The third-order valence-electron chi connectivity index (χ3n) is 4.33. The van der Waals surface area contributed by atoms with Gasteiger partial charge in [0.05, 0.1) is 20.7 Å². The number of pyridine rings is 1. The van der Waals surface area contributed by atoms with Crippen molar-refractivity contribution in [1.82, 2.24) is 4.98 Å². The van der Waals surface area contributed by atoms with E-state index < -0.39 is 0 Å². The molecule has 1 aliphatic rings. The van der Waals surface area contributed by atoms with E-state index in [1.165, 1.54) is 16.7 Å². The van der Waals surface area contributed by atoms with Gasteiger partial charge in [0, 0.05) is 23.7 Å². The van der Waals surface area contributed by atoms with E-state index in [-0.39, 0.29) is 22.7 Å². The van der Waals surface area contributed by atoms with Crippen molar-refractivity contribution in [1.29, 1.82) is 0 Å². The van der Waals surface area contributed by atoms with Crippen LogP contribution in [0.3, 0.4) is 0 Å². The SMILES string of the molecule is COc1cc2c(cc1O)C[N+](C)(Cc1ccc(Br)nc1)CC2.[Br-]. The zero-order valence-electron chi connectivity index (χ0n) is 13.2. The number of hydrogen-bond acceptors (Lipinski definition) is 3. The number of aromatic hydroxyl groups is 1. The van der Waals surface area contributed by atoms with Crippen molar-refractivity contribution in [2.45, 2.75) is 19.5 Å². The number of phenolic OH excluding ortho intramolecular Hbond substituents is 1. The highest BCUT2D eigenvalue weighted by Crippen LogP contribution is 2.34. The largest absolute Gasteiger partial charge is 1.00 e.